The van der Waals surface area contributed by atoms with E-state index in [4.69, 9.17) is 19.4 Å². The van der Waals surface area contributed by atoms with E-state index in [2.05, 4.69) is 5.16 Å². The van der Waals surface area contributed by atoms with Crippen LogP contribution in [0.15, 0.2) is 17.3 Å². The van der Waals surface area contributed by atoms with Gasteiger partial charge in [-0.3, -0.25) is 0 Å². The molecule has 1 N–H and O–H groups in total. The number of benzene rings is 1. The molecular weight excluding hydrogens is 198 g/mol. The molecule has 0 unspecified atom stereocenters. The van der Waals surface area contributed by atoms with Gasteiger partial charge in [0.15, 0.2) is 11.5 Å². The van der Waals surface area contributed by atoms with E-state index in [-0.39, 0.29) is 6.79 Å². The van der Waals surface area contributed by atoms with E-state index in [0.717, 1.165) is 0 Å². The zero-order valence-electron chi connectivity index (χ0n) is 8.27. The van der Waals surface area contributed by atoms with Gasteiger partial charge in [0, 0.05) is 11.6 Å². The summed E-state index contributed by atoms with van der Waals surface area (Å²) in [7, 11) is 0. The Morgan fingerprint density at radius 3 is 2.87 bits per heavy atom. The van der Waals surface area contributed by atoms with Crippen molar-refractivity contribution >= 4 is 6.21 Å². The molecule has 1 aromatic carbocycles. The van der Waals surface area contributed by atoms with E-state index in [1.807, 2.05) is 6.92 Å². The number of fused-ring (bicyclic) bond motifs is 1. The van der Waals surface area contributed by atoms with E-state index in [9.17, 15) is 0 Å². The fourth-order valence-electron chi connectivity index (χ4n) is 1.38. The van der Waals surface area contributed by atoms with Crippen LogP contribution in [0.2, 0.25) is 0 Å². The lowest BCUT2D eigenvalue weighted by molar-refractivity contribution is 0.174. The molecule has 1 aromatic rings. The van der Waals surface area contributed by atoms with Crippen LogP contribution in [-0.2, 0) is 0 Å². The predicted octanol–water partition coefficient (Wildman–Crippen LogP) is 1.62. The Morgan fingerprint density at radius 2 is 2.20 bits per heavy atom. The molecule has 0 aliphatic carbocycles. The van der Waals surface area contributed by atoms with Gasteiger partial charge in [-0.2, -0.15) is 0 Å². The van der Waals surface area contributed by atoms with E-state index >= 15 is 0 Å². The largest absolute Gasteiger partial charge is 0.493 e. The van der Waals surface area contributed by atoms with Crippen LogP contribution in [0.1, 0.15) is 12.5 Å². The Labute approximate surface area is 86.9 Å². The molecule has 80 valence electrons. The van der Waals surface area contributed by atoms with Crippen LogP contribution < -0.4 is 14.2 Å². The number of nitrogens with zero attached hydrogens (tertiary/aromatic N) is 1. The number of rotatable bonds is 3. The number of ether oxygens (including phenoxy) is 3. The number of hydrogen-bond donors (Lipinski definition) is 1. The molecule has 1 aliphatic heterocycles. The second kappa shape index (κ2) is 4.08. The highest BCUT2D eigenvalue weighted by molar-refractivity contribution is 5.84. The Hall–Kier alpha value is -1.91. The first-order valence-electron chi connectivity index (χ1n) is 4.59. The van der Waals surface area contributed by atoms with Crippen LogP contribution in [-0.4, -0.2) is 24.8 Å². The van der Waals surface area contributed by atoms with Crippen LogP contribution in [0.5, 0.6) is 17.2 Å². The molecule has 1 heterocycles. The highest BCUT2D eigenvalue weighted by Crippen LogP contribution is 2.37. The van der Waals surface area contributed by atoms with Gasteiger partial charge in [0.05, 0.1) is 12.8 Å². The monoisotopic (exact) mass is 209 g/mol. The maximum atomic E-state index is 8.50. The van der Waals surface area contributed by atoms with Gasteiger partial charge in [-0.15, -0.1) is 0 Å². The summed E-state index contributed by atoms with van der Waals surface area (Å²) in [6, 6.07) is 3.44. The Kier molecular flexibility index (Phi) is 2.62. The molecule has 0 radical (unpaired) electrons. The van der Waals surface area contributed by atoms with E-state index < -0.39 is 0 Å². The minimum Gasteiger partial charge on any atom is -0.493 e. The molecule has 0 saturated carbocycles. The second-order valence-corrected chi connectivity index (χ2v) is 2.92. The van der Waals surface area contributed by atoms with E-state index in [1.165, 1.54) is 6.21 Å². The van der Waals surface area contributed by atoms with Crippen LogP contribution in [0.4, 0.5) is 0 Å². The summed E-state index contributed by atoms with van der Waals surface area (Å²) in [4.78, 5) is 0. The van der Waals surface area contributed by atoms with Gasteiger partial charge in [0.25, 0.3) is 0 Å². The SMILES string of the molecule is CCOc1cc2c(cc1C=NO)OCO2. The molecule has 1 aliphatic rings. The maximum Gasteiger partial charge on any atom is 0.231 e. The molecule has 0 bridgehead atoms. The summed E-state index contributed by atoms with van der Waals surface area (Å²) in [5.41, 5.74) is 0.656. The summed E-state index contributed by atoms with van der Waals surface area (Å²) in [6.45, 7) is 2.62. The smallest absolute Gasteiger partial charge is 0.231 e. The van der Waals surface area contributed by atoms with Crippen molar-refractivity contribution in [2.24, 2.45) is 5.16 Å². The Balaban J connectivity index is 2.42. The Bertz CT molecular complexity index is 389. The van der Waals surface area contributed by atoms with Crippen molar-refractivity contribution < 1.29 is 19.4 Å². The van der Waals surface area contributed by atoms with Gasteiger partial charge in [-0.05, 0) is 13.0 Å². The van der Waals surface area contributed by atoms with E-state index in [0.29, 0.717) is 29.4 Å². The summed E-state index contributed by atoms with van der Waals surface area (Å²) in [5.74, 6) is 1.89. The van der Waals surface area contributed by atoms with Gasteiger partial charge < -0.3 is 19.4 Å². The fraction of sp³-hybridized carbons (Fsp3) is 0.300. The molecule has 15 heavy (non-hydrogen) atoms. The van der Waals surface area contributed by atoms with Crippen molar-refractivity contribution in [1.82, 2.24) is 0 Å². The predicted molar refractivity (Wildman–Crippen MR) is 53.1 cm³/mol. The average molecular weight is 209 g/mol. The number of hydrogen-bond acceptors (Lipinski definition) is 5. The summed E-state index contributed by atoms with van der Waals surface area (Å²) < 4.78 is 15.8. The first kappa shape index (κ1) is 9.64. The molecule has 0 spiro atoms. The highest BCUT2D eigenvalue weighted by atomic mass is 16.7. The van der Waals surface area contributed by atoms with Gasteiger partial charge >= 0.3 is 0 Å². The van der Waals surface area contributed by atoms with Crippen molar-refractivity contribution in [3.8, 4) is 17.2 Å². The zero-order valence-corrected chi connectivity index (χ0v) is 8.27. The van der Waals surface area contributed by atoms with E-state index in [1.54, 1.807) is 12.1 Å². The Morgan fingerprint density at radius 1 is 1.47 bits per heavy atom. The van der Waals surface area contributed by atoms with Crippen molar-refractivity contribution in [2.75, 3.05) is 13.4 Å². The van der Waals surface area contributed by atoms with Gasteiger partial charge in [-0.1, -0.05) is 5.16 Å². The molecule has 0 fully saturated rings. The molecule has 5 nitrogen and oxygen atoms in total. The van der Waals surface area contributed by atoms with Crippen LogP contribution in [0.25, 0.3) is 0 Å². The number of oxime groups is 1. The fourth-order valence-corrected chi connectivity index (χ4v) is 1.38. The third kappa shape index (κ3) is 1.81. The van der Waals surface area contributed by atoms with Crippen molar-refractivity contribution in [3.05, 3.63) is 17.7 Å². The van der Waals surface area contributed by atoms with Gasteiger partial charge in [0.1, 0.15) is 5.75 Å². The normalized spacial score (nSPS) is 13.4. The molecule has 0 atom stereocenters. The molecule has 0 saturated heterocycles. The van der Waals surface area contributed by atoms with Gasteiger partial charge in [-0.25, -0.2) is 0 Å². The molecule has 0 aromatic heterocycles. The summed E-state index contributed by atoms with van der Waals surface area (Å²) >= 11 is 0. The minimum atomic E-state index is 0.209. The topological polar surface area (TPSA) is 60.3 Å². The second-order valence-electron chi connectivity index (χ2n) is 2.92. The average Bonchev–Trinajstić information content (AvgIpc) is 2.66. The first-order chi connectivity index (χ1) is 7.35. The first-order valence-corrected chi connectivity index (χ1v) is 4.59. The zero-order chi connectivity index (χ0) is 10.7. The summed E-state index contributed by atoms with van der Waals surface area (Å²) in [5, 5.41) is 11.5. The van der Waals surface area contributed by atoms with Crippen molar-refractivity contribution in [3.63, 3.8) is 0 Å². The third-order valence-electron chi connectivity index (χ3n) is 2.00. The van der Waals surface area contributed by atoms with Crippen LogP contribution in [0, 0.1) is 0 Å². The van der Waals surface area contributed by atoms with Crippen LogP contribution >= 0.6 is 0 Å². The molecular formula is C10H11NO4. The highest BCUT2D eigenvalue weighted by Gasteiger charge is 2.17. The summed E-state index contributed by atoms with van der Waals surface area (Å²) in [6.07, 6.45) is 1.30. The van der Waals surface area contributed by atoms with Gasteiger partial charge in [0.2, 0.25) is 6.79 Å². The molecule has 5 heteroatoms. The molecule has 0 amide bonds. The third-order valence-corrected chi connectivity index (χ3v) is 2.00. The quantitative estimate of drug-likeness (QED) is 0.467. The standard InChI is InChI=1S/C10H11NO4/c1-2-13-8-4-10-9(14-6-15-10)3-7(8)5-11-12/h3-5,12H,2,6H2,1H3. The lowest BCUT2D eigenvalue weighted by atomic mass is 10.2. The minimum absolute atomic E-state index is 0.209. The maximum absolute atomic E-state index is 8.50. The van der Waals surface area contributed by atoms with Crippen LogP contribution in [0.3, 0.4) is 0 Å². The van der Waals surface area contributed by atoms with Crippen molar-refractivity contribution in [1.29, 1.82) is 0 Å². The lowest BCUT2D eigenvalue weighted by Gasteiger charge is -2.07. The van der Waals surface area contributed by atoms with Crippen molar-refractivity contribution in [2.45, 2.75) is 6.92 Å². The molecule has 2 rings (SSSR count). The lowest BCUT2D eigenvalue weighted by Crippen LogP contribution is -1.96.